The molecule has 3 nitrogen and oxygen atoms in total. The number of guanidine groups is 1. The Kier molecular flexibility index (Phi) is 8.94. The summed E-state index contributed by atoms with van der Waals surface area (Å²) in [5.74, 6) is 0.900. The van der Waals surface area contributed by atoms with Gasteiger partial charge in [-0.25, -0.2) is 4.99 Å². The van der Waals surface area contributed by atoms with Crippen molar-refractivity contribution in [2.75, 3.05) is 13.1 Å². The maximum absolute atomic E-state index is 4.64. The molecule has 0 atom stereocenters. The molecule has 0 amide bonds. The fourth-order valence-corrected chi connectivity index (χ4v) is 3.36. The smallest absolute Gasteiger partial charge is 0.191 e. The zero-order valence-corrected chi connectivity index (χ0v) is 16.4. The fraction of sp³-hybridized carbons (Fsp3) is 0.400. The molecule has 0 spiro atoms. The van der Waals surface area contributed by atoms with E-state index in [1.54, 1.807) is 22.7 Å². The molecule has 116 valence electrons. The van der Waals surface area contributed by atoms with Crippen LogP contribution in [0.5, 0.6) is 0 Å². The SMILES string of the molecule is CCNC(=NCc1sccc1C)NCCc1cccs1.I. The third-order valence-electron chi connectivity index (χ3n) is 2.94. The highest BCUT2D eigenvalue weighted by molar-refractivity contribution is 14.0. The van der Waals surface area contributed by atoms with Crippen LogP contribution >= 0.6 is 46.7 Å². The van der Waals surface area contributed by atoms with Crippen molar-refractivity contribution in [3.05, 3.63) is 44.3 Å². The van der Waals surface area contributed by atoms with Crippen molar-refractivity contribution in [1.29, 1.82) is 0 Å². The van der Waals surface area contributed by atoms with Crippen LogP contribution in [0.25, 0.3) is 0 Å². The van der Waals surface area contributed by atoms with Gasteiger partial charge in [-0.1, -0.05) is 6.07 Å². The highest BCUT2D eigenvalue weighted by Crippen LogP contribution is 2.16. The van der Waals surface area contributed by atoms with Crippen LogP contribution in [0, 0.1) is 6.92 Å². The van der Waals surface area contributed by atoms with Gasteiger partial charge < -0.3 is 10.6 Å². The molecule has 2 N–H and O–H groups in total. The lowest BCUT2D eigenvalue weighted by Gasteiger charge is -2.10. The topological polar surface area (TPSA) is 36.4 Å². The largest absolute Gasteiger partial charge is 0.357 e. The Labute approximate surface area is 151 Å². The molecular formula is C15H22IN3S2. The van der Waals surface area contributed by atoms with Gasteiger partial charge in [0.2, 0.25) is 0 Å². The van der Waals surface area contributed by atoms with Crippen LogP contribution in [-0.2, 0) is 13.0 Å². The number of rotatable bonds is 6. The molecule has 2 heterocycles. The highest BCUT2D eigenvalue weighted by Gasteiger charge is 2.01. The van der Waals surface area contributed by atoms with E-state index in [9.17, 15) is 0 Å². The molecule has 2 aromatic heterocycles. The summed E-state index contributed by atoms with van der Waals surface area (Å²) < 4.78 is 0. The second kappa shape index (κ2) is 10.2. The molecule has 0 aliphatic rings. The molecule has 0 bridgehead atoms. The van der Waals surface area contributed by atoms with Gasteiger partial charge in [-0.05, 0) is 48.7 Å². The first-order valence-electron chi connectivity index (χ1n) is 6.87. The van der Waals surface area contributed by atoms with Crippen molar-refractivity contribution in [2.24, 2.45) is 4.99 Å². The van der Waals surface area contributed by atoms with Crippen molar-refractivity contribution >= 4 is 52.6 Å². The number of thiophene rings is 2. The summed E-state index contributed by atoms with van der Waals surface area (Å²) in [6, 6.07) is 6.41. The van der Waals surface area contributed by atoms with E-state index in [1.165, 1.54) is 15.3 Å². The maximum Gasteiger partial charge on any atom is 0.191 e. The third kappa shape index (κ3) is 6.36. The Balaban J connectivity index is 0.00000220. The number of aliphatic imine (C=N–C) groups is 1. The number of aryl methyl sites for hydroxylation is 1. The minimum atomic E-state index is 0. The van der Waals surface area contributed by atoms with Gasteiger partial charge in [0.05, 0.1) is 6.54 Å². The Morgan fingerprint density at radius 1 is 1.19 bits per heavy atom. The molecule has 0 aliphatic heterocycles. The van der Waals surface area contributed by atoms with Crippen molar-refractivity contribution < 1.29 is 0 Å². The van der Waals surface area contributed by atoms with E-state index in [0.717, 1.165) is 32.0 Å². The van der Waals surface area contributed by atoms with Gasteiger partial charge in [0.25, 0.3) is 0 Å². The molecule has 2 aromatic rings. The predicted molar refractivity (Wildman–Crippen MR) is 105 cm³/mol. The minimum Gasteiger partial charge on any atom is -0.357 e. The quantitative estimate of drug-likeness (QED) is 0.408. The van der Waals surface area contributed by atoms with E-state index in [-0.39, 0.29) is 24.0 Å². The van der Waals surface area contributed by atoms with Gasteiger partial charge in [0.15, 0.2) is 5.96 Å². The summed E-state index contributed by atoms with van der Waals surface area (Å²) >= 11 is 3.57. The second-order valence-corrected chi connectivity index (χ2v) is 6.51. The van der Waals surface area contributed by atoms with E-state index in [1.807, 2.05) is 0 Å². The molecule has 0 saturated carbocycles. The zero-order chi connectivity index (χ0) is 14.2. The average molecular weight is 435 g/mol. The van der Waals surface area contributed by atoms with Crippen LogP contribution < -0.4 is 10.6 Å². The first-order valence-corrected chi connectivity index (χ1v) is 8.63. The minimum absolute atomic E-state index is 0. The van der Waals surface area contributed by atoms with Gasteiger partial charge in [-0.15, -0.1) is 46.7 Å². The third-order valence-corrected chi connectivity index (χ3v) is 4.88. The summed E-state index contributed by atoms with van der Waals surface area (Å²) in [7, 11) is 0. The zero-order valence-electron chi connectivity index (χ0n) is 12.4. The molecule has 0 radical (unpaired) electrons. The summed E-state index contributed by atoms with van der Waals surface area (Å²) in [6.45, 7) is 6.77. The summed E-state index contributed by atoms with van der Waals surface area (Å²) in [5, 5.41) is 10.9. The van der Waals surface area contributed by atoms with Crippen molar-refractivity contribution in [3.8, 4) is 0 Å². The van der Waals surface area contributed by atoms with E-state index >= 15 is 0 Å². The lowest BCUT2D eigenvalue weighted by Crippen LogP contribution is -2.38. The normalized spacial score (nSPS) is 11.0. The van der Waals surface area contributed by atoms with Gasteiger partial charge in [0, 0.05) is 22.8 Å². The van der Waals surface area contributed by atoms with Crippen molar-refractivity contribution in [1.82, 2.24) is 10.6 Å². The molecule has 0 fully saturated rings. The Hall–Kier alpha value is -0.600. The van der Waals surface area contributed by atoms with Gasteiger partial charge in [0.1, 0.15) is 0 Å². The van der Waals surface area contributed by atoms with Crippen LogP contribution in [-0.4, -0.2) is 19.0 Å². The van der Waals surface area contributed by atoms with Crippen LogP contribution in [0.2, 0.25) is 0 Å². The average Bonchev–Trinajstić information content (AvgIpc) is 3.08. The van der Waals surface area contributed by atoms with Crippen LogP contribution in [0.4, 0.5) is 0 Å². The van der Waals surface area contributed by atoms with Crippen LogP contribution in [0.15, 0.2) is 34.0 Å². The number of hydrogen-bond donors (Lipinski definition) is 2. The number of nitrogens with zero attached hydrogens (tertiary/aromatic N) is 1. The molecule has 0 unspecified atom stereocenters. The highest BCUT2D eigenvalue weighted by atomic mass is 127. The van der Waals surface area contributed by atoms with Crippen molar-refractivity contribution in [3.63, 3.8) is 0 Å². The number of hydrogen-bond acceptors (Lipinski definition) is 3. The van der Waals surface area contributed by atoms with E-state index in [4.69, 9.17) is 0 Å². The van der Waals surface area contributed by atoms with Crippen LogP contribution in [0.1, 0.15) is 22.2 Å². The Bertz CT molecular complexity index is 535. The molecule has 0 aliphatic carbocycles. The molecule has 21 heavy (non-hydrogen) atoms. The van der Waals surface area contributed by atoms with Gasteiger partial charge in [-0.3, -0.25) is 0 Å². The fourth-order valence-electron chi connectivity index (χ4n) is 1.82. The molecular weight excluding hydrogens is 413 g/mol. The predicted octanol–water partition coefficient (Wildman–Crippen LogP) is 4.03. The number of halogens is 1. The molecule has 6 heteroatoms. The van der Waals surface area contributed by atoms with E-state index in [2.05, 4.69) is 58.4 Å². The van der Waals surface area contributed by atoms with Gasteiger partial charge >= 0.3 is 0 Å². The Morgan fingerprint density at radius 3 is 2.67 bits per heavy atom. The monoisotopic (exact) mass is 435 g/mol. The lowest BCUT2D eigenvalue weighted by atomic mass is 10.3. The van der Waals surface area contributed by atoms with Crippen molar-refractivity contribution in [2.45, 2.75) is 26.8 Å². The molecule has 0 saturated heterocycles. The maximum atomic E-state index is 4.64. The summed E-state index contributed by atoms with van der Waals surface area (Å²) in [6.07, 6.45) is 1.04. The second-order valence-electron chi connectivity index (χ2n) is 4.48. The standard InChI is InChI=1S/C15H21N3S2.HI/c1-3-16-15(17-8-6-13-5-4-9-19-13)18-11-14-12(2)7-10-20-14;/h4-5,7,9-10H,3,6,8,11H2,1-2H3,(H2,16,17,18);1H. The number of nitrogens with one attached hydrogen (secondary N) is 2. The summed E-state index contributed by atoms with van der Waals surface area (Å²) in [5.41, 5.74) is 1.33. The van der Waals surface area contributed by atoms with E-state index < -0.39 is 0 Å². The van der Waals surface area contributed by atoms with Crippen LogP contribution in [0.3, 0.4) is 0 Å². The van der Waals surface area contributed by atoms with Gasteiger partial charge in [-0.2, -0.15) is 0 Å². The molecule has 2 rings (SSSR count). The summed E-state index contributed by atoms with van der Waals surface area (Å²) in [4.78, 5) is 7.38. The van der Waals surface area contributed by atoms with E-state index in [0.29, 0.717) is 0 Å². The first kappa shape index (κ1) is 18.4. The lowest BCUT2D eigenvalue weighted by molar-refractivity contribution is 0.805. The first-order chi connectivity index (χ1) is 9.79. The molecule has 0 aromatic carbocycles. The Morgan fingerprint density at radius 2 is 2.05 bits per heavy atom.